The van der Waals surface area contributed by atoms with Crippen molar-refractivity contribution in [2.75, 3.05) is 26.4 Å². The lowest BCUT2D eigenvalue weighted by molar-refractivity contribution is -0.0855. The third-order valence-corrected chi connectivity index (χ3v) is 6.84. The average molecular weight is 416 g/mol. The molecule has 2 aromatic heterocycles. The summed E-state index contributed by atoms with van der Waals surface area (Å²) in [5.74, 6) is -0.124. The van der Waals surface area contributed by atoms with Crippen LogP contribution in [0.2, 0.25) is 0 Å². The number of thiophene rings is 1. The zero-order chi connectivity index (χ0) is 19.5. The Bertz CT molecular complexity index is 1000. The van der Waals surface area contributed by atoms with Crippen molar-refractivity contribution in [3.8, 4) is 0 Å². The van der Waals surface area contributed by atoms with Gasteiger partial charge >= 0.3 is 0 Å². The largest absolute Gasteiger partial charge is 0.376 e. The molecule has 1 aliphatic heterocycles. The summed E-state index contributed by atoms with van der Waals surface area (Å²) in [7, 11) is 0. The molecular formula is C20H21N3O3S2. The summed E-state index contributed by atoms with van der Waals surface area (Å²) >= 11 is 3.17. The van der Waals surface area contributed by atoms with E-state index >= 15 is 0 Å². The summed E-state index contributed by atoms with van der Waals surface area (Å²) < 4.78 is 11.0. The molecule has 3 aromatic rings. The van der Waals surface area contributed by atoms with Gasteiger partial charge in [-0.05, 0) is 31.5 Å². The number of rotatable bonds is 5. The van der Waals surface area contributed by atoms with Crippen LogP contribution in [-0.2, 0) is 9.47 Å². The normalized spacial score (nSPS) is 17.0. The van der Waals surface area contributed by atoms with Gasteiger partial charge in [0.15, 0.2) is 0 Å². The Kier molecular flexibility index (Phi) is 5.91. The van der Waals surface area contributed by atoms with E-state index < -0.39 is 0 Å². The lowest BCUT2D eigenvalue weighted by atomic mass is 10.2. The van der Waals surface area contributed by atoms with Gasteiger partial charge in [-0.2, -0.15) is 0 Å². The highest BCUT2D eigenvalue weighted by Crippen LogP contribution is 2.38. The molecule has 0 aliphatic carbocycles. The van der Waals surface area contributed by atoms with Crippen molar-refractivity contribution in [1.29, 1.82) is 0 Å². The van der Waals surface area contributed by atoms with Crippen LogP contribution in [0.5, 0.6) is 0 Å². The summed E-state index contributed by atoms with van der Waals surface area (Å²) in [6.45, 7) is 6.29. The van der Waals surface area contributed by atoms with Gasteiger partial charge in [-0.15, -0.1) is 11.3 Å². The van der Waals surface area contributed by atoms with Gasteiger partial charge in [-0.25, -0.2) is 9.97 Å². The average Bonchev–Trinajstić information content (AvgIpc) is 3.02. The molecule has 1 atom stereocenters. The number of fused-ring (bicyclic) bond motifs is 1. The molecule has 0 radical (unpaired) electrons. The summed E-state index contributed by atoms with van der Waals surface area (Å²) in [6.07, 6.45) is 1.49. The molecule has 1 fully saturated rings. The number of carbonyl (C=O) groups excluding carboxylic acids is 1. The molecule has 0 spiro atoms. The summed E-state index contributed by atoms with van der Waals surface area (Å²) in [6, 6.07) is 7.58. The number of hydrogen-bond acceptors (Lipinski definition) is 7. The van der Waals surface area contributed by atoms with Crippen molar-refractivity contribution in [3.05, 3.63) is 46.6 Å². The van der Waals surface area contributed by atoms with Crippen LogP contribution in [0.15, 0.2) is 40.5 Å². The first-order valence-electron chi connectivity index (χ1n) is 9.08. The maximum Gasteiger partial charge on any atom is 0.252 e. The Balaban J connectivity index is 1.56. The number of hydrogen-bond donors (Lipinski definition) is 1. The van der Waals surface area contributed by atoms with E-state index in [1.165, 1.54) is 22.2 Å². The van der Waals surface area contributed by atoms with Crippen LogP contribution in [0.4, 0.5) is 0 Å². The number of ether oxygens (including phenoxy) is 2. The number of amides is 1. The highest BCUT2D eigenvalue weighted by atomic mass is 32.2. The second-order valence-corrected chi connectivity index (χ2v) is 8.75. The molecule has 4 rings (SSSR count). The van der Waals surface area contributed by atoms with Crippen LogP contribution in [0, 0.1) is 13.8 Å². The standard InChI is InChI=1S/C20H21N3O3S2/c1-12-13(2)27-19-17(12)20(23-11-22-19)28-16-6-4-3-5-15(16)18(24)21-9-14-10-25-7-8-26-14/h3-6,11,14H,7-10H2,1-2H3,(H,21,24)/t14-/m1/s1. The van der Waals surface area contributed by atoms with Crippen LogP contribution in [0.3, 0.4) is 0 Å². The molecule has 1 aromatic carbocycles. The molecule has 8 heteroatoms. The molecule has 1 aliphatic rings. The number of aromatic nitrogens is 2. The zero-order valence-electron chi connectivity index (χ0n) is 15.7. The summed E-state index contributed by atoms with van der Waals surface area (Å²) in [4.78, 5) is 24.7. The van der Waals surface area contributed by atoms with Crippen molar-refractivity contribution in [2.24, 2.45) is 0 Å². The van der Waals surface area contributed by atoms with Gasteiger partial charge < -0.3 is 14.8 Å². The van der Waals surface area contributed by atoms with E-state index in [9.17, 15) is 4.79 Å². The number of aryl methyl sites for hydroxylation is 2. The van der Waals surface area contributed by atoms with Crippen molar-refractivity contribution >= 4 is 39.2 Å². The molecule has 6 nitrogen and oxygen atoms in total. The SMILES string of the molecule is Cc1sc2ncnc(Sc3ccccc3C(=O)NC[C@@H]3COCCO3)c2c1C. The Morgan fingerprint density at radius 3 is 2.96 bits per heavy atom. The van der Waals surface area contributed by atoms with E-state index in [0.717, 1.165) is 20.1 Å². The van der Waals surface area contributed by atoms with Gasteiger partial charge in [0.2, 0.25) is 0 Å². The van der Waals surface area contributed by atoms with Crippen LogP contribution in [-0.4, -0.2) is 48.3 Å². The first kappa shape index (κ1) is 19.3. The fourth-order valence-electron chi connectivity index (χ4n) is 3.03. The predicted molar refractivity (Wildman–Crippen MR) is 110 cm³/mol. The molecule has 0 saturated carbocycles. The Morgan fingerprint density at radius 1 is 1.29 bits per heavy atom. The highest BCUT2D eigenvalue weighted by molar-refractivity contribution is 7.99. The fraction of sp³-hybridized carbons (Fsp3) is 0.350. The van der Waals surface area contributed by atoms with Gasteiger partial charge in [0.25, 0.3) is 5.91 Å². The smallest absolute Gasteiger partial charge is 0.252 e. The van der Waals surface area contributed by atoms with E-state index in [-0.39, 0.29) is 12.0 Å². The molecule has 0 unspecified atom stereocenters. The van der Waals surface area contributed by atoms with Crippen LogP contribution in [0.1, 0.15) is 20.8 Å². The molecule has 1 saturated heterocycles. The summed E-state index contributed by atoms with van der Waals surface area (Å²) in [5, 5.41) is 4.90. The van der Waals surface area contributed by atoms with Gasteiger partial charge in [0, 0.05) is 21.7 Å². The van der Waals surface area contributed by atoms with E-state index in [1.54, 1.807) is 17.7 Å². The van der Waals surface area contributed by atoms with Crippen LogP contribution >= 0.6 is 23.1 Å². The molecule has 28 heavy (non-hydrogen) atoms. The van der Waals surface area contributed by atoms with Gasteiger partial charge in [0.05, 0.1) is 31.5 Å². The first-order valence-corrected chi connectivity index (χ1v) is 10.7. The van der Waals surface area contributed by atoms with Crippen LogP contribution < -0.4 is 5.32 Å². The van der Waals surface area contributed by atoms with Crippen molar-refractivity contribution in [1.82, 2.24) is 15.3 Å². The van der Waals surface area contributed by atoms with Crippen molar-refractivity contribution in [2.45, 2.75) is 29.9 Å². The lowest BCUT2D eigenvalue weighted by Gasteiger charge is -2.23. The molecule has 3 heterocycles. The molecular weight excluding hydrogens is 394 g/mol. The predicted octanol–water partition coefficient (Wildman–Crippen LogP) is 3.60. The van der Waals surface area contributed by atoms with Crippen molar-refractivity contribution < 1.29 is 14.3 Å². The minimum atomic E-state index is -0.124. The van der Waals surface area contributed by atoms with Crippen molar-refractivity contribution in [3.63, 3.8) is 0 Å². The third-order valence-electron chi connectivity index (χ3n) is 4.64. The van der Waals surface area contributed by atoms with Gasteiger partial charge in [-0.3, -0.25) is 4.79 Å². The summed E-state index contributed by atoms with van der Waals surface area (Å²) in [5.41, 5.74) is 1.82. The maximum atomic E-state index is 12.8. The third kappa shape index (κ3) is 4.05. The Labute approximate surface area is 171 Å². The minimum absolute atomic E-state index is 0.101. The zero-order valence-corrected chi connectivity index (χ0v) is 17.4. The van der Waals surface area contributed by atoms with Gasteiger partial charge in [-0.1, -0.05) is 23.9 Å². The number of benzene rings is 1. The van der Waals surface area contributed by atoms with E-state index in [4.69, 9.17) is 9.47 Å². The monoisotopic (exact) mass is 415 g/mol. The Hall–Kier alpha value is -2.00. The topological polar surface area (TPSA) is 73.3 Å². The van der Waals surface area contributed by atoms with Gasteiger partial charge in [0.1, 0.15) is 16.2 Å². The fourth-order valence-corrected chi connectivity index (χ4v) is 5.17. The molecule has 0 bridgehead atoms. The van der Waals surface area contributed by atoms with E-state index in [1.807, 2.05) is 24.3 Å². The van der Waals surface area contributed by atoms with Crippen LogP contribution in [0.25, 0.3) is 10.2 Å². The van der Waals surface area contributed by atoms with E-state index in [2.05, 4.69) is 29.1 Å². The number of nitrogens with zero attached hydrogens (tertiary/aromatic N) is 2. The lowest BCUT2D eigenvalue weighted by Crippen LogP contribution is -2.39. The first-order chi connectivity index (χ1) is 13.6. The van der Waals surface area contributed by atoms with E-state index in [0.29, 0.717) is 31.9 Å². The maximum absolute atomic E-state index is 12.8. The second kappa shape index (κ2) is 8.57. The number of carbonyl (C=O) groups is 1. The molecule has 146 valence electrons. The molecule has 1 amide bonds. The quantitative estimate of drug-likeness (QED) is 0.642. The highest BCUT2D eigenvalue weighted by Gasteiger charge is 2.19. The second-order valence-electron chi connectivity index (χ2n) is 6.52. The molecule has 1 N–H and O–H groups in total. The minimum Gasteiger partial charge on any atom is -0.376 e. The number of nitrogens with one attached hydrogen (secondary N) is 1. The Morgan fingerprint density at radius 2 is 2.14 bits per heavy atom.